The number of aromatic amines is 1. The summed E-state index contributed by atoms with van der Waals surface area (Å²) in [7, 11) is 1.49. The molecule has 0 amide bonds. The van der Waals surface area contributed by atoms with E-state index in [2.05, 4.69) is 30.2 Å². The van der Waals surface area contributed by atoms with Crippen LogP contribution < -0.4 is 5.32 Å². The second-order valence-electron chi connectivity index (χ2n) is 8.18. The second kappa shape index (κ2) is 8.91. The highest BCUT2D eigenvalue weighted by Crippen LogP contribution is 2.33. The molecule has 13 heteroatoms. The van der Waals surface area contributed by atoms with Crippen LogP contribution in [0.5, 0.6) is 0 Å². The molecule has 0 aliphatic heterocycles. The van der Waals surface area contributed by atoms with Gasteiger partial charge in [0.05, 0.1) is 11.9 Å². The van der Waals surface area contributed by atoms with E-state index in [9.17, 15) is 26.3 Å². The summed E-state index contributed by atoms with van der Waals surface area (Å²) in [6.45, 7) is 0.266. The van der Waals surface area contributed by atoms with Crippen molar-refractivity contribution in [2.24, 2.45) is 7.05 Å². The van der Waals surface area contributed by atoms with Crippen molar-refractivity contribution in [1.29, 1.82) is 0 Å². The molecule has 3 heterocycles. The van der Waals surface area contributed by atoms with Crippen LogP contribution in [0.1, 0.15) is 16.8 Å². The Labute approximate surface area is 205 Å². The van der Waals surface area contributed by atoms with Gasteiger partial charge in [-0.1, -0.05) is 36.4 Å². The molecule has 2 N–H and O–H groups in total. The SMILES string of the molecule is Cn1cc(C(F)(F)F)nc1-c1ccc(CNc2nc(-c3cccc(C(F)(F)F)c3)nc3nc[nH]c23)cc1. The second-order valence-corrected chi connectivity index (χ2v) is 8.18. The summed E-state index contributed by atoms with van der Waals surface area (Å²) >= 11 is 0. The number of benzene rings is 2. The van der Waals surface area contributed by atoms with E-state index in [0.29, 0.717) is 16.9 Å². The number of fused-ring (bicyclic) bond motifs is 1. The largest absolute Gasteiger partial charge is 0.434 e. The Morgan fingerprint density at radius 2 is 1.65 bits per heavy atom. The highest BCUT2D eigenvalue weighted by Gasteiger charge is 2.34. The zero-order chi connectivity index (χ0) is 26.4. The summed E-state index contributed by atoms with van der Waals surface area (Å²) in [5, 5.41) is 3.13. The standard InChI is InChI=1S/C24H17F6N7/c1-37-11-17(24(28,29)30)34-22(37)14-7-5-13(6-8-14)10-31-20-18-21(33-12-32-18)36-19(35-20)15-3-2-4-16(9-15)23(25,26)27/h2-9,11-12H,10H2,1H3,(H2,31,32,33,35,36). The van der Waals surface area contributed by atoms with Crippen LogP contribution in [0.3, 0.4) is 0 Å². The maximum atomic E-state index is 13.2. The van der Waals surface area contributed by atoms with Gasteiger partial charge in [0.1, 0.15) is 11.3 Å². The van der Waals surface area contributed by atoms with Crippen molar-refractivity contribution in [3.05, 3.63) is 77.9 Å². The molecule has 0 saturated heterocycles. The Morgan fingerprint density at radius 3 is 2.32 bits per heavy atom. The Balaban J connectivity index is 1.39. The lowest BCUT2D eigenvalue weighted by molar-refractivity contribution is -0.141. The van der Waals surface area contributed by atoms with Crippen LogP contribution in [-0.2, 0) is 25.9 Å². The topological polar surface area (TPSA) is 84.3 Å². The minimum Gasteiger partial charge on any atom is -0.364 e. The molecule has 0 aliphatic carbocycles. The molecule has 3 aromatic heterocycles. The predicted molar refractivity (Wildman–Crippen MR) is 123 cm³/mol. The maximum Gasteiger partial charge on any atom is 0.434 e. The summed E-state index contributed by atoms with van der Waals surface area (Å²) < 4.78 is 79.7. The number of aryl methyl sites for hydroxylation is 1. The lowest BCUT2D eigenvalue weighted by Crippen LogP contribution is -2.06. The van der Waals surface area contributed by atoms with Crippen LogP contribution in [0.15, 0.2) is 61.1 Å². The van der Waals surface area contributed by atoms with Gasteiger partial charge in [-0.15, -0.1) is 0 Å². The maximum absolute atomic E-state index is 13.2. The first-order valence-electron chi connectivity index (χ1n) is 10.8. The summed E-state index contributed by atoms with van der Waals surface area (Å²) in [5.74, 6) is 0.573. The molecule has 0 atom stereocenters. The zero-order valence-corrected chi connectivity index (χ0v) is 19.0. The van der Waals surface area contributed by atoms with E-state index in [0.717, 1.165) is 23.9 Å². The van der Waals surface area contributed by atoms with E-state index in [-0.39, 0.29) is 29.4 Å². The first-order valence-corrected chi connectivity index (χ1v) is 10.8. The molecule has 5 rings (SSSR count). The Hall–Kier alpha value is -4.42. The van der Waals surface area contributed by atoms with Crippen LogP contribution in [0.2, 0.25) is 0 Å². The molecule has 0 bridgehead atoms. The normalized spacial score (nSPS) is 12.3. The van der Waals surface area contributed by atoms with Crippen molar-refractivity contribution in [3.63, 3.8) is 0 Å². The fourth-order valence-corrected chi connectivity index (χ4v) is 3.75. The van der Waals surface area contributed by atoms with Gasteiger partial charge in [0.2, 0.25) is 0 Å². The lowest BCUT2D eigenvalue weighted by atomic mass is 10.1. The van der Waals surface area contributed by atoms with Crippen molar-refractivity contribution in [2.45, 2.75) is 18.9 Å². The number of aromatic nitrogens is 6. The molecule has 0 unspecified atom stereocenters. The van der Waals surface area contributed by atoms with Gasteiger partial charge in [0, 0.05) is 30.9 Å². The molecule has 0 aliphatic rings. The molecule has 0 saturated carbocycles. The molecule has 7 nitrogen and oxygen atoms in total. The Morgan fingerprint density at radius 1 is 0.892 bits per heavy atom. The van der Waals surface area contributed by atoms with E-state index < -0.39 is 23.6 Å². The molecule has 2 aromatic carbocycles. The number of rotatable bonds is 5. The molecular formula is C24H17F6N7. The van der Waals surface area contributed by atoms with E-state index in [4.69, 9.17) is 0 Å². The Kier molecular flexibility index (Phi) is 5.85. The number of imidazole rings is 2. The van der Waals surface area contributed by atoms with Crippen molar-refractivity contribution < 1.29 is 26.3 Å². The highest BCUT2D eigenvalue weighted by atomic mass is 19.4. The summed E-state index contributed by atoms with van der Waals surface area (Å²) in [6.07, 6.45) is -6.72. The summed E-state index contributed by atoms with van der Waals surface area (Å²) in [5.41, 5.74) is 0.420. The van der Waals surface area contributed by atoms with Crippen molar-refractivity contribution in [3.8, 4) is 22.8 Å². The minimum absolute atomic E-state index is 0.0683. The van der Waals surface area contributed by atoms with Crippen LogP contribution in [0.25, 0.3) is 33.9 Å². The van der Waals surface area contributed by atoms with E-state index in [1.165, 1.54) is 30.1 Å². The number of nitrogens with one attached hydrogen (secondary N) is 2. The van der Waals surface area contributed by atoms with Gasteiger partial charge in [0.25, 0.3) is 0 Å². The number of halogens is 6. The molecule has 0 radical (unpaired) electrons. The third kappa shape index (κ3) is 4.97. The lowest BCUT2D eigenvalue weighted by Gasteiger charge is -2.11. The van der Waals surface area contributed by atoms with Crippen LogP contribution in [-0.4, -0.2) is 29.5 Å². The predicted octanol–water partition coefficient (Wildman–Crippen LogP) is 6.07. The summed E-state index contributed by atoms with van der Waals surface area (Å²) in [6, 6.07) is 11.5. The quantitative estimate of drug-likeness (QED) is 0.277. The van der Waals surface area contributed by atoms with Gasteiger partial charge in [-0.2, -0.15) is 26.3 Å². The zero-order valence-electron chi connectivity index (χ0n) is 19.0. The molecular weight excluding hydrogens is 500 g/mol. The number of alkyl halides is 6. The first kappa shape index (κ1) is 24.3. The van der Waals surface area contributed by atoms with E-state index >= 15 is 0 Å². The number of anilines is 1. The van der Waals surface area contributed by atoms with Gasteiger partial charge in [-0.25, -0.2) is 19.9 Å². The highest BCUT2D eigenvalue weighted by molar-refractivity contribution is 5.84. The third-order valence-electron chi connectivity index (χ3n) is 5.57. The van der Waals surface area contributed by atoms with Gasteiger partial charge >= 0.3 is 12.4 Å². The van der Waals surface area contributed by atoms with E-state index in [1.54, 1.807) is 24.3 Å². The smallest absolute Gasteiger partial charge is 0.364 e. The van der Waals surface area contributed by atoms with Gasteiger partial charge in [-0.05, 0) is 17.7 Å². The Bertz CT molecular complexity index is 1570. The summed E-state index contributed by atoms with van der Waals surface area (Å²) in [4.78, 5) is 19.4. The van der Waals surface area contributed by atoms with Crippen molar-refractivity contribution in [1.82, 2.24) is 29.5 Å². The number of hydrogen-bond donors (Lipinski definition) is 2. The van der Waals surface area contributed by atoms with Crippen LogP contribution in [0, 0.1) is 0 Å². The van der Waals surface area contributed by atoms with Crippen LogP contribution in [0.4, 0.5) is 32.2 Å². The van der Waals surface area contributed by atoms with Gasteiger partial charge < -0.3 is 14.9 Å². The first-order chi connectivity index (χ1) is 17.5. The number of nitrogens with zero attached hydrogens (tertiary/aromatic N) is 5. The molecule has 0 fully saturated rings. The fraction of sp³-hybridized carbons (Fsp3) is 0.167. The monoisotopic (exact) mass is 517 g/mol. The van der Waals surface area contributed by atoms with Gasteiger partial charge in [0.15, 0.2) is 23.0 Å². The number of hydrogen-bond acceptors (Lipinski definition) is 5. The molecule has 37 heavy (non-hydrogen) atoms. The number of H-pyrrole nitrogens is 1. The third-order valence-corrected chi connectivity index (χ3v) is 5.57. The van der Waals surface area contributed by atoms with E-state index in [1.807, 2.05) is 0 Å². The minimum atomic E-state index is -4.54. The van der Waals surface area contributed by atoms with Crippen molar-refractivity contribution >= 4 is 17.0 Å². The molecule has 0 spiro atoms. The van der Waals surface area contributed by atoms with Gasteiger partial charge in [-0.3, -0.25) is 0 Å². The molecule has 5 aromatic rings. The average molecular weight is 517 g/mol. The fourth-order valence-electron chi connectivity index (χ4n) is 3.75. The van der Waals surface area contributed by atoms with Crippen molar-refractivity contribution in [2.75, 3.05) is 5.32 Å². The van der Waals surface area contributed by atoms with Crippen LogP contribution >= 0.6 is 0 Å². The molecule has 190 valence electrons. The average Bonchev–Trinajstić information content (AvgIpc) is 3.49.